The third-order valence-corrected chi connectivity index (χ3v) is 4.25. The molecule has 0 saturated heterocycles. The van der Waals surface area contributed by atoms with Crippen LogP contribution in [0.4, 0.5) is 0 Å². The molecule has 0 aromatic heterocycles. The number of para-hydroxylation sites is 1. The first-order chi connectivity index (χ1) is 11.2. The molecule has 1 heterocycles. The molecule has 0 bridgehead atoms. The second-order valence-electron chi connectivity index (χ2n) is 5.84. The molecule has 0 saturated carbocycles. The summed E-state index contributed by atoms with van der Waals surface area (Å²) in [7, 11) is 5.47. The molecule has 0 radical (unpaired) electrons. The molecule has 2 aromatic rings. The Morgan fingerprint density at radius 1 is 1.00 bits per heavy atom. The summed E-state index contributed by atoms with van der Waals surface area (Å²) >= 11 is 0. The Kier molecular flexibility index (Phi) is 4.72. The number of rotatable bonds is 4. The van der Waals surface area contributed by atoms with Gasteiger partial charge in [0.05, 0.1) is 14.2 Å². The van der Waals surface area contributed by atoms with Crippen LogP contribution in [0.5, 0.6) is 17.2 Å². The fraction of sp³-hybridized carbons (Fsp3) is 0.368. The van der Waals surface area contributed by atoms with E-state index in [1.807, 2.05) is 30.3 Å². The largest absolute Gasteiger partial charge is 0.493 e. The van der Waals surface area contributed by atoms with E-state index in [2.05, 4.69) is 24.1 Å². The fourth-order valence-corrected chi connectivity index (χ4v) is 3.00. The van der Waals surface area contributed by atoms with Gasteiger partial charge in [-0.1, -0.05) is 18.2 Å². The number of methoxy groups -OCH3 is 2. The highest BCUT2D eigenvalue weighted by Crippen LogP contribution is 2.36. The summed E-state index contributed by atoms with van der Waals surface area (Å²) in [6, 6.07) is 14.1. The Hall–Kier alpha value is -2.20. The maximum atomic E-state index is 6.27. The van der Waals surface area contributed by atoms with Gasteiger partial charge in [-0.25, -0.2) is 0 Å². The van der Waals surface area contributed by atoms with E-state index in [1.165, 1.54) is 11.1 Å². The van der Waals surface area contributed by atoms with E-state index in [0.29, 0.717) is 0 Å². The standard InChI is InChI=1S/C19H23NO3/c1-20-10-9-14-11-17(21-2)18(22-3)12-16(14)19(13-20)23-15-7-5-4-6-8-15/h4-8,11-12,19H,9-10,13H2,1-3H3. The SMILES string of the molecule is COc1cc2c(cc1OC)C(Oc1ccccc1)CN(C)CC2. The highest BCUT2D eigenvalue weighted by atomic mass is 16.5. The van der Waals surface area contributed by atoms with Crippen LogP contribution in [0.2, 0.25) is 0 Å². The van der Waals surface area contributed by atoms with Crippen molar-refractivity contribution >= 4 is 0 Å². The van der Waals surface area contributed by atoms with Crippen LogP contribution in [0.15, 0.2) is 42.5 Å². The Morgan fingerprint density at radius 3 is 2.39 bits per heavy atom. The zero-order chi connectivity index (χ0) is 16.2. The highest BCUT2D eigenvalue weighted by Gasteiger charge is 2.25. The maximum absolute atomic E-state index is 6.27. The lowest BCUT2D eigenvalue weighted by molar-refractivity contribution is 0.156. The Labute approximate surface area is 137 Å². The molecule has 1 aliphatic rings. The van der Waals surface area contributed by atoms with Gasteiger partial charge in [0, 0.05) is 18.7 Å². The number of benzene rings is 2. The number of nitrogens with zero attached hydrogens (tertiary/aromatic N) is 1. The second-order valence-corrected chi connectivity index (χ2v) is 5.84. The molecule has 2 aromatic carbocycles. The van der Waals surface area contributed by atoms with Crippen LogP contribution in [-0.2, 0) is 6.42 Å². The summed E-state index contributed by atoms with van der Waals surface area (Å²) in [5.41, 5.74) is 2.43. The van der Waals surface area contributed by atoms with Crippen LogP contribution < -0.4 is 14.2 Å². The van der Waals surface area contributed by atoms with Crippen LogP contribution in [0.3, 0.4) is 0 Å². The molecular weight excluding hydrogens is 290 g/mol. The molecule has 3 rings (SSSR count). The van der Waals surface area contributed by atoms with Gasteiger partial charge in [-0.3, -0.25) is 0 Å². The van der Waals surface area contributed by atoms with Crippen molar-refractivity contribution in [1.29, 1.82) is 0 Å². The van der Waals surface area contributed by atoms with Gasteiger partial charge in [-0.2, -0.15) is 0 Å². The predicted molar refractivity (Wildman–Crippen MR) is 90.6 cm³/mol. The van der Waals surface area contributed by atoms with E-state index >= 15 is 0 Å². The van der Waals surface area contributed by atoms with E-state index in [0.717, 1.165) is 36.8 Å². The fourth-order valence-electron chi connectivity index (χ4n) is 3.00. The molecule has 0 amide bonds. The van der Waals surface area contributed by atoms with Gasteiger partial charge in [-0.05, 0) is 43.3 Å². The lowest BCUT2D eigenvalue weighted by Gasteiger charge is -2.23. The summed E-state index contributed by atoms with van der Waals surface area (Å²) in [6.45, 7) is 1.84. The Bertz CT molecular complexity index is 657. The third-order valence-electron chi connectivity index (χ3n) is 4.25. The van der Waals surface area contributed by atoms with Crippen molar-refractivity contribution in [2.75, 3.05) is 34.4 Å². The normalized spacial score (nSPS) is 18.0. The number of fused-ring (bicyclic) bond motifs is 1. The molecule has 23 heavy (non-hydrogen) atoms. The topological polar surface area (TPSA) is 30.9 Å². The summed E-state index contributed by atoms with van der Waals surface area (Å²) in [5, 5.41) is 0. The van der Waals surface area contributed by atoms with Gasteiger partial charge < -0.3 is 19.1 Å². The van der Waals surface area contributed by atoms with Crippen molar-refractivity contribution in [2.45, 2.75) is 12.5 Å². The number of hydrogen-bond donors (Lipinski definition) is 0. The number of hydrogen-bond acceptors (Lipinski definition) is 4. The van der Waals surface area contributed by atoms with E-state index in [-0.39, 0.29) is 6.10 Å². The van der Waals surface area contributed by atoms with Crippen LogP contribution in [0, 0.1) is 0 Å². The van der Waals surface area contributed by atoms with Crippen LogP contribution in [-0.4, -0.2) is 39.3 Å². The van der Waals surface area contributed by atoms with Crippen molar-refractivity contribution in [3.8, 4) is 17.2 Å². The molecule has 4 heteroatoms. The van der Waals surface area contributed by atoms with E-state index in [4.69, 9.17) is 14.2 Å². The first-order valence-corrected chi connectivity index (χ1v) is 7.86. The van der Waals surface area contributed by atoms with Crippen molar-refractivity contribution in [1.82, 2.24) is 4.90 Å². The predicted octanol–water partition coefficient (Wildman–Crippen LogP) is 3.31. The second kappa shape index (κ2) is 6.92. The van der Waals surface area contributed by atoms with Crippen LogP contribution in [0.25, 0.3) is 0 Å². The molecule has 1 unspecified atom stereocenters. The van der Waals surface area contributed by atoms with E-state index in [1.54, 1.807) is 14.2 Å². The smallest absolute Gasteiger partial charge is 0.161 e. The molecule has 0 aliphatic carbocycles. The van der Waals surface area contributed by atoms with Crippen molar-refractivity contribution in [3.05, 3.63) is 53.6 Å². The average Bonchev–Trinajstić information content (AvgIpc) is 2.73. The third kappa shape index (κ3) is 3.42. The Morgan fingerprint density at radius 2 is 1.70 bits per heavy atom. The average molecular weight is 313 g/mol. The molecular formula is C19H23NO3. The summed E-state index contributed by atoms with van der Waals surface area (Å²) in [5.74, 6) is 2.40. The monoisotopic (exact) mass is 313 g/mol. The minimum absolute atomic E-state index is 0.0280. The maximum Gasteiger partial charge on any atom is 0.161 e. The summed E-state index contributed by atoms with van der Waals surface area (Å²) in [6.07, 6.45) is 0.945. The van der Waals surface area contributed by atoms with Gasteiger partial charge in [-0.15, -0.1) is 0 Å². The zero-order valence-electron chi connectivity index (χ0n) is 13.9. The quantitative estimate of drug-likeness (QED) is 0.866. The Balaban J connectivity index is 1.99. The number of likely N-dealkylation sites (N-methyl/N-ethyl adjacent to an activating group) is 1. The van der Waals surface area contributed by atoms with E-state index in [9.17, 15) is 0 Å². The lowest BCUT2D eigenvalue weighted by Crippen LogP contribution is -2.26. The minimum atomic E-state index is -0.0280. The van der Waals surface area contributed by atoms with Crippen molar-refractivity contribution in [2.24, 2.45) is 0 Å². The molecule has 0 N–H and O–H groups in total. The molecule has 1 aliphatic heterocycles. The molecule has 0 fully saturated rings. The van der Waals surface area contributed by atoms with E-state index < -0.39 is 0 Å². The van der Waals surface area contributed by atoms with Gasteiger partial charge in [0.25, 0.3) is 0 Å². The molecule has 1 atom stereocenters. The lowest BCUT2D eigenvalue weighted by atomic mass is 10.00. The first kappa shape index (κ1) is 15.7. The van der Waals surface area contributed by atoms with Gasteiger partial charge in [0.15, 0.2) is 11.5 Å². The van der Waals surface area contributed by atoms with Crippen LogP contribution in [0.1, 0.15) is 17.2 Å². The highest BCUT2D eigenvalue weighted by molar-refractivity contribution is 5.49. The number of ether oxygens (including phenoxy) is 3. The summed E-state index contributed by atoms with van der Waals surface area (Å²) in [4.78, 5) is 2.30. The molecule has 0 spiro atoms. The van der Waals surface area contributed by atoms with Crippen LogP contribution >= 0.6 is 0 Å². The van der Waals surface area contributed by atoms with Gasteiger partial charge >= 0.3 is 0 Å². The van der Waals surface area contributed by atoms with Crippen molar-refractivity contribution in [3.63, 3.8) is 0 Å². The van der Waals surface area contributed by atoms with Gasteiger partial charge in [0.1, 0.15) is 11.9 Å². The minimum Gasteiger partial charge on any atom is -0.493 e. The molecule has 4 nitrogen and oxygen atoms in total. The molecule has 122 valence electrons. The first-order valence-electron chi connectivity index (χ1n) is 7.86. The zero-order valence-corrected chi connectivity index (χ0v) is 13.9. The van der Waals surface area contributed by atoms with Gasteiger partial charge in [0.2, 0.25) is 0 Å². The summed E-state index contributed by atoms with van der Waals surface area (Å²) < 4.78 is 17.2. The van der Waals surface area contributed by atoms with Crippen molar-refractivity contribution < 1.29 is 14.2 Å².